The van der Waals surface area contributed by atoms with Crippen LogP contribution in [0.4, 0.5) is 25.1 Å². The van der Waals surface area contributed by atoms with Gasteiger partial charge < -0.3 is 10.6 Å². The molecule has 6 nitrogen and oxygen atoms in total. The van der Waals surface area contributed by atoms with E-state index in [1.54, 1.807) is 0 Å². The Hall–Kier alpha value is -2.45. The molecule has 0 amide bonds. The number of rotatable bonds is 7. The van der Waals surface area contributed by atoms with E-state index >= 15 is 0 Å². The van der Waals surface area contributed by atoms with Crippen molar-refractivity contribution < 1.29 is 13.2 Å². The normalized spacial score (nSPS) is 14.2. The van der Waals surface area contributed by atoms with Crippen LogP contribution in [0.3, 0.4) is 0 Å². The summed E-state index contributed by atoms with van der Waals surface area (Å²) in [5.41, 5.74) is -0.946. The predicted octanol–water partition coefficient (Wildman–Crippen LogP) is 4.87. The second kappa shape index (κ2) is 8.70. The molecule has 0 aliphatic heterocycles. The minimum Gasteiger partial charge on any atom is -0.351 e. The van der Waals surface area contributed by atoms with E-state index in [2.05, 4.69) is 30.6 Å². The average molecular weight is 396 g/mol. The van der Waals surface area contributed by atoms with Crippen LogP contribution >= 0.6 is 0 Å². The number of nitrogens with one attached hydrogen (secondary N) is 2. The van der Waals surface area contributed by atoms with Gasteiger partial charge in [-0.2, -0.15) is 28.1 Å². The molecule has 0 spiro atoms. The van der Waals surface area contributed by atoms with E-state index in [0.717, 1.165) is 6.07 Å². The highest BCUT2D eigenvalue weighted by molar-refractivity contribution is 5.54. The molecular formula is C19H27F3N6. The van der Waals surface area contributed by atoms with Crippen LogP contribution in [0.5, 0.6) is 0 Å². The number of alkyl halides is 3. The highest BCUT2D eigenvalue weighted by atomic mass is 19.4. The molecule has 28 heavy (non-hydrogen) atoms. The fraction of sp³-hybridized carbons (Fsp3) is 0.579. The molecule has 0 saturated heterocycles. The van der Waals surface area contributed by atoms with E-state index < -0.39 is 11.9 Å². The maximum absolute atomic E-state index is 13.0. The Balaban J connectivity index is 2.47. The van der Waals surface area contributed by atoms with Crippen molar-refractivity contribution >= 4 is 11.9 Å². The lowest BCUT2D eigenvalue weighted by Gasteiger charge is -2.20. The van der Waals surface area contributed by atoms with E-state index in [0.29, 0.717) is 23.7 Å². The minimum atomic E-state index is -4.54. The molecule has 0 aliphatic carbocycles. The van der Waals surface area contributed by atoms with Gasteiger partial charge in [0, 0.05) is 12.1 Å². The number of nitrogens with zero attached hydrogens (tertiary/aromatic N) is 4. The van der Waals surface area contributed by atoms with Crippen molar-refractivity contribution in [2.24, 2.45) is 11.8 Å². The van der Waals surface area contributed by atoms with Gasteiger partial charge in [-0.05, 0) is 37.8 Å². The van der Waals surface area contributed by atoms with Gasteiger partial charge >= 0.3 is 6.18 Å². The van der Waals surface area contributed by atoms with E-state index in [9.17, 15) is 13.2 Å². The van der Waals surface area contributed by atoms with Crippen LogP contribution in [-0.4, -0.2) is 32.0 Å². The lowest BCUT2D eigenvalue weighted by Crippen LogP contribution is -2.26. The minimum absolute atomic E-state index is 0.0396. The molecule has 0 aliphatic rings. The monoisotopic (exact) mass is 396 g/mol. The molecule has 0 fully saturated rings. The molecule has 2 aromatic rings. The zero-order valence-corrected chi connectivity index (χ0v) is 17.0. The largest absolute Gasteiger partial charge is 0.433 e. The molecule has 0 bridgehead atoms. The van der Waals surface area contributed by atoms with E-state index in [1.807, 2.05) is 41.5 Å². The molecule has 2 N–H and O–H groups in total. The molecule has 2 aromatic heterocycles. The number of anilines is 2. The van der Waals surface area contributed by atoms with Crippen molar-refractivity contribution in [2.75, 3.05) is 10.6 Å². The third-order valence-electron chi connectivity index (χ3n) is 4.62. The number of hydrogen-bond acceptors (Lipinski definition) is 6. The Labute approximate surface area is 163 Å². The zero-order chi connectivity index (χ0) is 21.1. The summed E-state index contributed by atoms with van der Waals surface area (Å²) in [7, 11) is 0. The Morgan fingerprint density at radius 2 is 1.25 bits per heavy atom. The summed E-state index contributed by atoms with van der Waals surface area (Å²) in [6.07, 6.45) is -4.54. The van der Waals surface area contributed by atoms with Gasteiger partial charge in [0.1, 0.15) is 11.4 Å². The van der Waals surface area contributed by atoms with Crippen molar-refractivity contribution in [3.63, 3.8) is 0 Å². The van der Waals surface area contributed by atoms with Crippen LogP contribution in [0, 0.1) is 11.8 Å². The van der Waals surface area contributed by atoms with E-state index in [1.165, 1.54) is 12.1 Å². The molecular weight excluding hydrogens is 369 g/mol. The molecule has 0 aromatic carbocycles. The second-order valence-electron chi connectivity index (χ2n) is 7.57. The van der Waals surface area contributed by atoms with Gasteiger partial charge in [-0.1, -0.05) is 33.8 Å². The molecule has 0 saturated carbocycles. The summed E-state index contributed by atoms with van der Waals surface area (Å²) in [4.78, 5) is 16.7. The van der Waals surface area contributed by atoms with Crippen molar-refractivity contribution in [1.82, 2.24) is 19.9 Å². The summed E-state index contributed by atoms with van der Waals surface area (Å²) in [6, 6.07) is 3.81. The Morgan fingerprint density at radius 3 is 1.68 bits per heavy atom. The van der Waals surface area contributed by atoms with Crippen LogP contribution in [0.15, 0.2) is 18.2 Å². The van der Waals surface area contributed by atoms with Crippen LogP contribution in [0.25, 0.3) is 11.5 Å². The quantitative estimate of drug-likeness (QED) is 0.696. The number of aromatic nitrogens is 4. The smallest absolute Gasteiger partial charge is 0.351 e. The third-order valence-corrected chi connectivity index (χ3v) is 4.62. The van der Waals surface area contributed by atoms with E-state index in [4.69, 9.17) is 0 Å². The summed E-state index contributed by atoms with van der Waals surface area (Å²) in [5, 5.41) is 6.37. The molecule has 0 radical (unpaired) electrons. The van der Waals surface area contributed by atoms with Crippen molar-refractivity contribution in [2.45, 2.75) is 59.8 Å². The Bertz CT molecular complexity index is 757. The predicted molar refractivity (Wildman–Crippen MR) is 104 cm³/mol. The maximum Gasteiger partial charge on any atom is 0.433 e. The lowest BCUT2D eigenvalue weighted by molar-refractivity contribution is -0.141. The molecule has 2 rings (SSSR count). The SMILES string of the molecule is CC(C)C(C)Nc1nc(NC(C)C(C)C)nc(-c2cccc(C(F)(F)F)n2)n1. The molecule has 154 valence electrons. The van der Waals surface area contributed by atoms with Gasteiger partial charge in [0.05, 0.1) is 0 Å². The second-order valence-corrected chi connectivity index (χ2v) is 7.57. The average Bonchev–Trinajstić information content (AvgIpc) is 2.60. The highest BCUT2D eigenvalue weighted by Crippen LogP contribution is 2.29. The lowest BCUT2D eigenvalue weighted by atomic mass is 10.1. The number of pyridine rings is 1. The highest BCUT2D eigenvalue weighted by Gasteiger charge is 2.32. The summed E-state index contributed by atoms with van der Waals surface area (Å²) in [5.74, 6) is 1.31. The molecule has 2 unspecified atom stereocenters. The molecule has 2 atom stereocenters. The Morgan fingerprint density at radius 1 is 0.750 bits per heavy atom. The first-order valence-electron chi connectivity index (χ1n) is 9.31. The van der Waals surface area contributed by atoms with Crippen LogP contribution in [0.2, 0.25) is 0 Å². The zero-order valence-electron chi connectivity index (χ0n) is 17.0. The fourth-order valence-electron chi connectivity index (χ4n) is 2.08. The first kappa shape index (κ1) is 21.8. The van der Waals surface area contributed by atoms with Crippen LogP contribution in [-0.2, 0) is 6.18 Å². The van der Waals surface area contributed by atoms with Crippen molar-refractivity contribution in [3.05, 3.63) is 23.9 Å². The number of halogens is 3. The first-order chi connectivity index (χ1) is 13.0. The van der Waals surface area contributed by atoms with Crippen molar-refractivity contribution in [3.8, 4) is 11.5 Å². The maximum atomic E-state index is 13.0. The van der Waals surface area contributed by atoms with Crippen molar-refractivity contribution in [1.29, 1.82) is 0 Å². The summed E-state index contributed by atoms with van der Waals surface area (Å²) >= 11 is 0. The topological polar surface area (TPSA) is 75.6 Å². The fourth-order valence-corrected chi connectivity index (χ4v) is 2.08. The summed E-state index contributed by atoms with van der Waals surface area (Å²) in [6.45, 7) is 12.2. The molecule has 9 heteroatoms. The van der Waals surface area contributed by atoms with Gasteiger partial charge in [0.25, 0.3) is 0 Å². The molecule has 2 heterocycles. The van der Waals surface area contributed by atoms with Gasteiger partial charge in [-0.3, -0.25) is 0 Å². The van der Waals surface area contributed by atoms with Gasteiger partial charge in [0.2, 0.25) is 11.9 Å². The van der Waals surface area contributed by atoms with Crippen LogP contribution < -0.4 is 10.6 Å². The number of hydrogen-bond donors (Lipinski definition) is 2. The third kappa shape index (κ3) is 5.77. The van der Waals surface area contributed by atoms with Crippen LogP contribution in [0.1, 0.15) is 47.2 Å². The van der Waals surface area contributed by atoms with Gasteiger partial charge in [-0.15, -0.1) is 0 Å². The summed E-state index contributed by atoms with van der Waals surface area (Å²) < 4.78 is 39.1. The first-order valence-corrected chi connectivity index (χ1v) is 9.31. The van der Waals surface area contributed by atoms with Gasteiger partial charge in [0.15, 0.2) is 5.82 Å². The standard InChI is InChI=1S/C19H27F3N6/c1-10(2)12(5)23-17-26-16(27-18(28-17)24-13(6)11(3)4)14-8-7-9-15(25-14)19(20,21)22/h7-13H,1-6H3,(H2,23,24,26,27,28). The van der Waals surface area contributed by atoms with E-state index in [-0.39, 0.29) is 23.6 Å². The van der Waals surface area contributed by atoms with Gasteiger partial charge in [-0.25, -0.2) is 4.98 Å². The Kier molecular flexibility index (Phi) is 6.79.